The largest absolute Gasteiger partial charge is 0.497 e. The Hall–Kier alpha value is -4.19. The zero-order valence-corrected chi connectivity index (χ0v) is 22.2. The van der Waals surface area contributed by atoms with Gasteiger partial charge in [-0.15, -0.1) is 0 Å². The maximum Gasteiger partial charge on any atom is 0.303 e. The molecule has 0 radical (unpaired) electrons. The van der Waals surface area contributed by atoms with E-state index >= 15 is 0 Å². The molecule has 0 saturated heterocycles. The summed E-state index contributed by atoms with van der Waals surface area (Å²) < 4.78 is 32.1. The van der Waals surface area contributed by atoms with Crippen molar-refractivity contribution in [1.82, 2.24) is 10.1 Å². The van der Waals surface area contributed by atoms with E-state index in [0.29, 0.717) is 33.9 Å². The van der Waals surface area contributed by atoms with Crippen LogP contribution in [-0.2, 0) is 11.4 Å². The minimum atomic E-state index is -0.910. The Morgan fingerprint density at radius 2 is 2.13 bits per heavy atom. The number of ether oxygens (including phenoxy) is 2. The van der Waals surface area contributed by atoms with Crippen molar-refractivity contribution in [2.45, 2.75) is 58.5 Å². The molecule has 2 heterocycles. The second-order valence-corrected chi connectivity index (χ2v) is 10.8. The monoisotopic (exact) mass is 531 g/mol. The zero-order valence-electron chi connectivity index (χ0n) is 22.2. The van der Waals surface area contributed by atoms with Gasteiger partial charge in [-0.05, 0) is 72.3 Å². The van der Waals surface area contributed by atoms with Crippen LogP contribution in [0.25, 0.3) is 16.9 Å². The molecule has 1 fully saturated rings. The van der Waals surface area contributed by atoms with Gasteiger partial charge in [-0.1, -0.05) is 25.1 Å². The Balaban J connectivity index is 1.50. The number of methoxy groups -OCH3 is 1. The minimum Gasteiger partial charge on any atom is -0.497 e. The number of carboxylic acids is 1. The summed E-state index contributed by atoms with van der Waals surface area (Å²) in [5.41, 5.74) is 3.21. The number of carboxylic acid groups (broad SMARTS) is 1. The topological polar surface area (TPSA) is 118 Å². The molecule has 0 amide bonds. The number of aliphatic carboxylic acids is 1. The quantitative estimate of drug-likeness (QED) is 0.315. The van der Waals surface area contributed by atoms with Crippen LogP contribution < -0.4 is 9.47 Å². The Bertz CT molecular complexity index is 1480. The van der Waals surface area contributed by atoms with Gasteiger partial charge in [-0.2, -0.15) is 5.26 Å². The first kappa shape index (κ1) is 26.4. The van der Waals surface area contributed by atoms with E-state index in [4.69, 9.17) is 14.0 Å². The van der Waals surface area contributed by atoms with Gasteiger partial charge in [-0.25, -0.2) is 9.37 Å². The summed E-state index contributed by atoms with van der Waals surface area (Å²) in [5.74, 6) is -0.378. The van der Waals surface area contributed by atoms with E-state index in [-0.39, 0.29) is 41.7 Å². The van der Waals surface area contributed by atoms with Crippen molar-refractivity contribution in [2.24, 2.45) is 11.3 Å². The second-order valence-electron chi connectivity index (χ2n) is 10.8. The molecule has 5 rings (SSSR count). The number of hydrogen-bond acceptors (Lipinski definition) is 7. The molecular weight excluding hydrogens is 501 g/mol. The predicted octanol–water partition coefficient (Wildman–Crippen LogP) is 6.51. The average molecular weight is 532 g/mol. The van der Waals surface area contributed by atoms with Crippen LogP contribution in [0.3, 0.4) is 0 Å². The molecule has 1 saturated carbocycles. The summed E-state index contributed by atoms with van der Waals surface area (Å²) >= 11 is 0. The SMILES string of the molecule is COc1ccc(F)c(-c2onc(COc3cc(C(CC(=O)O)C4CC4)c(C#N)cn3)c2C2=CCCC2(C)C)c1. The second kappa shape index (κ2) is 10.5. The predicted molar refractivity (Wildman–Crippen MR) is 140 cm³/mol. The Kier molecular flexibility index (Phi) is 7.13. The van der Waals surface area contributed by atoms with Crippen molar-refractivity contribution in [1.29, 1.82) is 5.26 Å². The van der Waals surface area contributed by atoms with Gasteiger partial charge in [0.05, 0.1) is 30.2 Å². The molecule has 0 aliphatic heterocycles. The van der Waals surface area contributed by atoms with E-state index < -0.39 is 11.8 Å². The number of benzene rings is 1. The van der Waals surface area contributed by atoms with Crippen LogP contribution >= 0.6 is 0 Å². The van der Waals surface area contributed by atoms with Crippen molar-refractivity contribution in [2.75, 3.05) is 7.11 Å². The first-order valence-corrected chi connectivity index (χ1v) is 13.0. The molecule has 3 aromatic rings. The van der Waals surface area contributed by atoms with Gasteiger partial charge in [0.15, 0.2) is 5.76 Å². The normalized spacial score (nSPS) is 16.8. The summed E-state index contributed by atoms with van der Waals surface area (Å²) in [5, 5.41) is 23.4. The third kappa shape index (κ3) is 5.37. The smallest absolute Gasteiger partial charge is 0.303 e. The van der Waals surface area contributed by atoms with Crippen molar-refractivity contribution in [3.8, 4) is 29.0 Å². The molecular formula is C30H30FN3O5. The molecule has 1 aromatic carbocycles. The fraction of sp³-hybridized carbons (Fsp3) is 0.400. The molecule has 39 heavy (non-hydrogen) atoms. The molecule has 202 valence electrons. The molecule has 1 atom stereocenters. The highest BCUT2D eigenvalue weighted by atomic mass is 19.1. The lowest BCUT2D eigenvalue weighted by atomic mass is 9.80. The molecule has 8 nitrogen and oxygen atoms in total. The Morgan fingerprint density at radius 3 is 2.77 bits per heavy atom. The third-order valence-electron chi connectivity index (χ3n) is 7.67. The van der Waals surface area contributed by atoms with Gasteiger partial charge in [0.25, 0.3) is 0 Å². The summed E-state index contributed by atoms with van der Waals surface area (Å²) in [7, 11) is 1.52. The first-order chi connectivity index (χ1) is 18.7. The number of carbonyl (C=O) groups is 1. The number of allylic oxidation sites excluding steroid dienone is 2. The Labute approximate surface area is 226 Å². The third-order valence-corrected chi connectivity index (χ3v) is 7.67. The van der Waals surface area contributed by atoms with Gasteiger partial charge in [-0.3, -0.25) is 4.79 Å². The number of hydrogen-bond donors (Lipinski definition) is 1. The van der Waals surface area contributed by atoms with E-state index in [1.54, 1.807) is 18.2 Å². The van der Waals surface area contributed by atoms with E-state index in [0.717, 1.165) is 31.3 Å². The molecule has 2 aliphatic rings. The number of nitriles is 1. The number of halogens is 1. The van der Waals surface area contributed by atoms with Crippen LogP contribution in [0, 0.1) is 28.5 Å². The fourth-order valence-corrected chi connectivity index (χ4v) is 5.41. The van der Waals surface area contributed by atoms with Crippen molar-refractivity contribution >= 4 is 11.5 Å². The van der Waals surface area contributed by atoms with E-state index in [9.17, 15) is 19.6 Å². The van der Waals surface area contributed by atoms with Crippen LogP contribution in [0.2, 0.25) is 0 Å². The van der Waals surface area contributed by atoms with E-state index in [1.165, 1.54) is 19.4 Å². The van der Waals surface area contributed by atoms with Gasteiger partial charge >= 0.3 is 5.97 Å². The fourth-order valence-electron chi connectivity index (χ4n) is 5.41. The van der Waals surface area contributed by atoms with Gasteiger partial charge in [0.1, 0.15) is 29.9 Å². The average Bonchev–Trinajstić information content (AvgIpc) is 3.58. The highest BCUT2D eigenvalue weighted by molar-refractivity contribution is 5.83. The number of rotatable bonds is 10. The van der Waals surface area contributed by atoms with Crippen LogP contribution in [0.4, 0.5) is 4.39 Å². The van der Waals surface area contributed by atoms with Crippen LogP contribution in [0.1, 0.15) is 74.3 Å². The first-order valence-electron chi connectivity index (χ1n) is 13.0. The molecule has 2 aromatic heterocycles. The minimum absolute atomic E-state index is 0.0107. The van der Waals surface area contributed by atoms with Crippen molar-refractivity contribution < 1.29 is 28.3 Å². The Morgan fingerprint density at radius 1 is 1.33 bits per heavy atom. The molecule has 0 bridgehead atoms. The lowest BCUT2D eigenvalue weighted by Gasteiger charge is -2.23. The highest BCUT2D eigenvalue weighted by Gasteiger charge is 2.36. The van der Waals surface area contributed by atoms with E-state index in [2.05, 4.69) is 36.1 Å². The maximum absolute atomic E-state index is 15.0. The van der Waals surface area contributed by atoms with Crippen LogP contribution in [0.5, 0.6) is 11.6 Å². The van der Waals surface area contributed by atoms with Gasteiger partial charge < -0.3 is 19.1 Å². The molecule has 9 heteroatoms. The maximum atomic E-state index is 15.0. The lowest BCUT2D eigenvalue weighted by Crippen LogP contribution is -2.12. The van der Waals surface area contributed by atoms with Crippen molar-refractivity contribution in [3.63, 3.8) is 0 Å². The van der Waals surface area contributed by atoms with E-state index in [1.807, 2.05) is 0 Å². The standard InChI is InChI=1S/C30H30FN3O5/c1-30(2)10-4-5-23(30)28-25(34-39-29(28)22-11-19(37-3)8-9-24(22)31)16-38-26-12-20(18(14-32)15-33-26)21(13-27(35)36)17-6-7-17/h5,8-9,11-12,15,17,21H,4,6-7,10,13,16H2,1-3H3,(H,35,36). The molecule has 2 aliphatic carbocycles. The van der Waals surface area contributed by atoms with Gasteiger partial charge in [0, 0.05) is 12.3 Å². The number of nitrogens with zero attached hydrogens (tertiary/aromatic N) is 3. The number of aromatic nitrogens is 2. The van der Waals surface area contributed by atoms with Crippen LogP contribution in [-0.4, -0.2) is 28.3 Å². The number of pyridine rings is 1. The molecule has 0 spiro atoms. The summed E-state index contributed by atoms with van der Waals surface area (Å²) in [4.78, 5) is 15.8. The van der Waals surface area contributed by atoms with Gasteiger partial charge in [0.2, 0.25) is 5.88 Å². The summed E-state index contributed by atoms with van der Waals surface area (Å²) in [6.07, 6.45) is 7.15. The van der Waals surface area contributed by atoms with Crippen LogP contribution in [0.15, 0.2) is 41.1 Å². The van der Waals surface area contributed by atoms with Crippen molar-refractivity contribution in [3.05, 3.63) is 64.7 Å². The zero-order chi connectivity index (χ0) is 27.7. The summed E-state index contributed by atoms with van der Waals surface area (Å²) in [6, 6.07) is 8.26. The molecule has 1 unspecified atom stereocenters. The highest BCUT2D eigenvalue weighted by Crippen LogP contribution is 2.49. The molecule has 1 N–H and O–H groups in total. The summed E-state index contributed by atoms with van der Waals surface area (Å²) in [6.45, 7) is 4.25. The lowest BCUT2D eigenvalue weighted by molar-refractivity contribution is -0.137.